The molecule has 1 N–H and O–H groups in total. The van der Waals surface area contributed by atoms with Crippen LogP contribution in [-0.2, 0) is 14.3 Å². The molecule has 0 unspecified atom stereocenters. The SMILES string of the molecule is CCC(=O)C(=NNc1ccc(-n2cccn2)cc1F)C(=O)COC. The molecule has 0 spiro atoms. The highest BCUT2D eigenvalue weighted by Crippen LogP contribution is 2.18. The van der Waals surface area contributed by atoms with Crippen molar-refractivity contribution < 1.29 is 18.7 Å². The average Bonchev–Trinajstić information content (AvgIpc) is 3.10. The number of nitrogens with one attached hydrogen (secondary N) is 1. The van der Waals surface area contributed by atoms with Gasteiger partial charge in [0.25, 0.3) is 0 Å². The molecule has 2 aromatic rings. The summed E-state index contributed by atoms with van der Waals surface area (Å²) in [6.45, 7) is 1.34. The fourth-order valence-corrected chi connectivity index (χ4v) is 1.92. The third-order valence-electron chi connectivity index (χ3n) is 3.13. The molecule has 0 radical (unpaired) electrons. The molecular formula is C16H17FN4O3. The maximum Gasteiger partial charge on any atom is 0.212 e. The molecule has 8 heteroatoms. The topological polar surface area (TPSA) is 85.6 Å². The second kappa shape index (κ2) is 8.11. The van der Waals surface area contributed by atoms with Crippen molar-refractivity contribution in [2.45, 2.75) is 13.3 Å². The van der Waals surface area contributed by atoms with E-state index in [0.717, 1.165) is 0 Å². The maximum absolute atomic E-state index is 14.2. The first-order chi connectivity index (χ1) is 11.6. The molecule has 1 aromatic carbocycles. The lowest BCUT2D eigenvalue weighted by Gasteiger charge is -2.07. The molecule has 1 heterocycles. The summed E-state index contributed by atoms with van der Waals surface area (Å²) in [7, 11) is 1.34. The molecule has 0 bridgehead atoms. The van der Waals surface area contributed by atoms with Gasteiger partial charge in [0, 0.05) is 32.0 Å². The summed E-state index contributed by atoms with van der Waals surface area (Å²) in [6.07, 6.45) is 3.37. The molecule has 2 rings (SSSR count). The zero-order chi connectivity index (χ0) is 17.5. The molecule has 24 heavy (non-hydrogen) atoms. The Balaban J connectivity index is 2.22. The number of hydrogen-bond acceptors (Lipinski definition) is 6. The third kappa shape index (κ3) is 4.11. The molecule has 0 aliphatic rings. The number of nitrogens with zero attached hydrogens (tertiary/aromatic N) is 3. The van der Waals surface area contributed by atoms with Crippen LogP contribution in [0.5, 0.6) is 0 Å². The number of carbonyl (C=O) groups excluding carboxylic acids is 2. The number of benzene rings is 1. The van der Waals surface area contributed by atoms with Crippen LogP contribution in [0.4, 0.5) is 10.1 Å². The Hall–Kier alpha value is -2.87. The number of halogens is 1. The number of Topliss-reactive ketones (excluding diaryl/α,β-unsaturated/α-hetero) is 2. The van der Waals surface area contributed by atoms with Crippen LogP contribution in [0, 0.1) is 5.82 Å². The van der Waals surface area contributed by atoms with Gasteiger partial charge in [0.2, 0.25) is 5.78 Å². The van der Waals surface area contributed by atoms with Crippen molar-refractivity contribution in [3.63, 3.8) is 0 Å². The number of ketones is 2. The zero-order valence-corrected chi connectivity index (χ0v) is 13.3. The molecule has 0 amide bonds. The summed E-state index contributed by atoms with van der Waals surface area (Å²) in [6, 6.07) is 6.07. The molecule has 0 atom stereocenters. The lowest BCUT2D eigenvalue weighted by Crippen LogP contribution is -2.28. The summed E-state index contributed by atoms with van der Waals surface area (Å²) in [4.78, 5) is 23.6. The summed E-state index contributed by atoms with van der Waals surface area (Å²) < 4.78 is 20.4. The van der Waals surface area contributed by atoms with Gasteiger partial charge < -0.3 is 4.74 Å². The van der Waals surface area contributed by atoms with Crippen LogP contribution in [0.1, 0.15) is 13.3 Å². The van der Waals surface area contributed by atoms with Crippen LogP contribution in [0.25, 0.3) is 5.69 Å². The van der Waals surface area contributed by atoms with Gasteiger partial charge in [-0.3, -0.25) is 15.0 Å². The minimum atomic E-state index is -0.589. The van der Waals surface area contributed by atoms with E-state index in [2.05, 4.69) is 15.6 Å². The number of carbonyl (C=O) groups is 2. The van der Waals surface area contributed by atoms with Crippen molar-refractivity contribution in [3.8, 4) is 5.69 Å². The second-order valence-electron chi connectivity index (χ2n) is 4.82. The number of rotatable bonds is 8. The molecule has 1 aromatic heterocycles. The van der Waals surface area contributed by atoms with E-state index < -0.39 is 17.4 Å². The van der Waals surface area contributed by atoms with E-state index in [4.69, 9.17) is 4.74 Å². The van der Waals surface area contributed by atoms with Crippen LogP contribution >= 0.6 is 0 Å². The predicted octanol–water partition coefficient (Wildman–Crippen LogP) is 1.97. The van der Waals surface area contributed by atoms with Crippen LogP contribution < -0.4 is 5.43 Å². The minimum Gasteiger partial charge on any atom is -0.376 e. The van der Waals surface area contributed by atoms with E-state index in [9.17, 15) is 14.0 Å². The van der Waals surface area contributed by atoms with Gasteiger partial charge in [-0.2, -0.15) is 10.2 Å². The van der Waals surface area contributed by atoms with Crippen molar-refractivity contribution >= 4 is 23.0 Å². The maximum atomic E-state index is 14.2. The van der Waals surface area contributed by atoms with Crippen LogP contribution in [0.3, 0.4) is 0 Å². The number of ether oxygens (including phenoxy) is 1. The molecule has 0 aliphatic heterocycles. The Morgan fingerprint density at radius 3 is 2.75 bits per heavy atom. The largest absolute Gasteiger partial charge is 0.376 e. The summed E-state index contributed by atoms with van der Waals surface area (Å²) in [5.41, 5.74) is 2.70. The van der Waals surface area contributed by atoms with Crippen molar-refractivity contribution in [1.82, 2.24) is 9.78 Å². The molecular weight excluding hydrogens is 315 g/mol. The minimum absolute atomic E-state index is 0.0394. The third-order valence-corrected chi connectivity index (χ3v) is 3.13. The van der Waals surface area contributed by atoms with Gasteiger partial charge in [-0.25, -0.2) is 9.07 Å². The highest BCUT2D eigenvalue weighted by Gasteiger charge is 2.19. The van der Waals surface area contributed by atoms with Crippen LogP contribution in [0.15, 0.2) is 41.8 Å². The second-order valence-corrected chi connectivity index (χ2v) is 4.82. The molecule has 0 fully saturated rings. The fraction of sp³-hybridized carbons (Fsp3) is 0.250. The van der Waals surface area contributed by atoms with Gasteiger partial charge in [0.1, 0.15) is 12.4 Å². The van der Waals surface area contributed by atoms with E-state index in [-0.39, 0.29) is 24.4 Å². The highest BCUT2D eigenvalue weighted by molar-refractivity contribution is 6.66. The van der Waals surface area contributed by atoms with Crippen molar-refractivity contribution in [2.24, 2.45) is 5.10 Å². The summed E-state index contributed by atoms with van der Waals surface area (Å²) in [5, 5.41) is 7.77. The predicted molar refractivity (Wildman–Crippen MR) is 86.8 cm³/mol. The van der Waals surface area contributed by atoms with Gasteiger partial charge in [0.15, 0.2) is 11.5 Å². The van der Waals surface area contributed by atoms with Crippen molar-refractivity contribution in [1.29, 1.82) is 0 Å². The van der Waals surface area contributed by atoms with Crippen molar-refractivity contribution in [3.05, 3.63) is 42.5 Å². The first kappa shape index (κ1) is 17.5. The van der Waals surface area contributed by atoms with Gasteiger partial charge in [-0.05, 0) is 18.2 Å². The van der Waals surface area contributed by atoms with Gasteiger partial charge in [-0.1, -0.05) is 6.92 Å². The quantitative estimate of drug-likeness (QED) is 0.454. The summed E-state index contributed by atoms with van der Waals surface area (Å²) >= 11 is 0. The Labute approximate surface area is 138 Å². The number of hydrazone groups is 1. The lowest BCUT2D eigenvalue weighted by atomic mass is 10.1. The van der Waals surface area contributed by atoms with E-state index >= 15 is 0 Å². The van der Waals surface area contributed by atoms with Crippen LogP contribution in [0.2, 0.25) is 0 Å². The fourth-order valence-electron chi connectivity index (χ4n) is 1.92. The van der Waals surface area contributed by atoms with Crippen LogP contribution in [-0.4, -0.2) is 40.8 Å². The molecule has 0 saturated heterocycles. The number of hydrogen-bond donors (Lipinski definition) is 1. The number of methoxy groups -OCH3 is 1. The lowest BCUT2D eigenvalue weighted by molar-refractivity contribution is -0.118. The number of anilines is 1. The highest BCUT2D eigenvalue weighted by atomic mass is 19.1. The summed E-state index contributed by atoms with van der Waals surface area (Å²) in [5.74, 6) is -1.60. The smallest absolute Gasteiger partial charge is 0.212 e. The van der Waals surface area contributed by atoms with Gasteiger partial charge in [0.05, 0.1) is 11.4 Å². The standard InChI is InChI=1S/C16H17FN4O3/c1-3-14(22)16(15(23)10-24-2)20-19-13-6-5-11(9-12(13)17)21-8-4-7-18-21/h4-9,19H,3,10H2,1-2H3. The van der Waals surface area contributed by atoms with E-state index in [1.165, 1.54) is 23.9 Å². The average molecular weight is 332 g/mol. The van der Waals surface area contributed by atoms with E-state index in [1.807, 2.05) is 0 Å². The normalized spacial score (nSPS) is 11.4. The number of aromatic nitrogens is 2. The molecule has 126 valence electrons. The Morgan fingerprint density at radius 2 is 2.17 bits per heavy atom. The van der Waals surface area contributed by atoms with E-state index in [1.54, 1.807) is 31.5 Å². The van der Waals surface area contributed by atoms with Crippen molar-refractivity contribution in [2.75, 3.05) is 19.1 Å². The Bertz CT molecular complexity index is 757. The van der Waals surface area contributed by atoms with Gasteiger partial charge in [-0.15, -0.1) is 0 Å². The van der Waals surface area contributed by atoms with E-state index in [0.29, 0.717) is 5.69 Å². The Morgan fingerprint density at radius 1 is 1.38 bits per heavy atom. The molecule has 0 aliphatic carbocycles. The molecule has 0 saturated carbocycles. The Kier molecular flexibility index (Phi) is 5.91. The monoisotopic (exact) mass is 332 g/mol. The zero-order valence-electron chi connectivity index (χ0n) is 13.3. The molecule has 7 nitrogen and oxygen atoms in total. The first-order valence-corrected chi connectivity index (χ1v) is 7.25. The first-order valence-electron chi connectivity index (χ1n) is 7.25. The van der Waals surface area contributed by atoms with Gasteiger partial charge >= 0.3 is 0 Å².